The number of methoxy groups -OCH3 is 1. The van der Waals surface area contributed by atoms with Gasteiger partial charge in [-0.1, -0.05) is 12.1 Å². The SMILES string of the molecule is COc1ccc(S(=O)Cc2ccc(I)cc2)cc1. The van der Waals surface area contributed by atoms with Crippen molar-refractivity contribution in [1.82, 2.24) is 0 Å². The molecule has 2 rings (SSSR count). The fraction of sp³-hybridized carbons (Fsp3) is 0.143. The maximum atomic E-state index is 12.2. The highest BCUT2D eigenvalue weighted by Crippen LogP contribution is 2.17. The van der Waals surface area contributed by atoms with Crippen LogP contribution in [-0.2, 0) is 16.6 Å². The van der Waals surface area contributed by atoms with E-state index in [4.69, 9.17) is 4.74 Å². The summed E-state index contributed by atoms with van der Waals surface area (Å²) in [5.74, 6) is 1.33. The van der Waals surface area contributed by atoms with Crippen LogP contribution in [0.25, 0.3) is 0 Å². The first kappa shape index (κ1) is 13.5. The Labute approximate surface area is 123 Å². The topological polar surface area (TPSA) is 26.3 Å². The molecule has 0 radical (unpaired) electrons. The predicted octanol–water partition coefficient (Wildman–Crippen LogP) is 3.61. The Balaban J connectivity index is 2.09. The molecule has 0 saturated carbocycles. The third-order valence-corrected chi connectivity index (χ3v) is 4.65. The van der Waals surface area contributed by atoms with Crippen molar-refractivity contribution in [3.8, 4) is 5.75 Å². The Morgan fingerprint density at radius 2 is 1.67 bits per heavy atom. The number of hydrogen-bond donors (Lipinski definition) is 0. The summed E-state index contributed by atoms with van der Waals surface area (Å²) < 4.78 is 18.4. The smallest absolute Gasteiger partial charge is 0.118 e. The van der Waals surface area contributed by atoms with Gasteiger partial charge in [-0.25, -0.2) is 0 Å². The quantitative estimate of drug-likeness (QED) is 0.767. The predicted molar refractivity (Wildman–Crippen MR) is 82.3 cm³/mol. The highest BCUT2D eigenvalue weighted by Gasteiger charge is 2.05. The molecule has 4 heteroatoms. The van der Waals surface area contributed by atoms with Crippen LogP contribution in [0, 0.1) is 3.57 Å². The average Bonchev–Trinajstić information content (AvgIpc) is 2.41. The van der Waals surface area contributed by atoms with Crippen molar-refractivity contribution in [1.29, 1.82) is 0 Å². The van der Waals surface area contributed by atoms with E-state index in [9.17, 15) is 4.21 Å². The second-order valence-corrected chi connectivity index (χ2v) is 6.49. The Morgan fingerprint density at radius 1 is 1.06 bits per heavy atom. The third-order valence-electron chi connectivity index (χ3n) is 2.53. The van der Waals surface area contributed by atoms with Crippen molar-refractivity contribution in [2.75, 3.05) is 7.11 Å². The van der Waals surface area contributed by atoms with Crippen LogP contribution in [0.4, 0.5) is 0 Å². The zero-order valence-corrected chi connectivity index (χ0v) is 12.9. The molecule has 1 atom stereocenters. The molecule has 0 bridgehead atoms. The highest BCUT2D eigenvalue weighted by molar-refractivity contribution is 14.1. The van der Waals surface area contributed by atoms with Crippen LogP contribution in [0.15, 0.2) is 53.4 Å². The van der Waals surface area contributed by atoms with Gasteiger partial charge in [-0.3, -0.25) is 4.21 Å². The first-order chi connectivity index (χ1) is 8.69. The molecule has 0 aliphatic carbocycles. The van der Waals surface area contributed by atoms with Gasteiger partial charge in [-0.15, -0.1) is 0 Å². The van der Waals surface area contributed by atoms with E-state index in [1.54, 1.807) is 7.11 Å². The van der Waals surface area contributed by atoms with Crippen molar-refractivity contribution in [2.45, 2.75) is 10.6 Å². The van der Waals surface area contributed by atoms with Gasteiger partial charge in [-0.2, -0.15) is 0 Å². The maximum absolute atomic E-state index is 12.2. The largest absolute Gasteiger partial charge is 0.497 e. The molecule has 0 aromatic heterocycles. The molecular formula is C14H13IO2S. The van der Waals surface area contributed by atoms with E-state index in [0.29, 0.717) is 5.75 Å². The van der Waals surface area contributed by atoms with Gasteiger partial charge in [0.1, 0.15) is 5.75 Å². The summed E-state index contributed by atoms with van der Waals surface area (Å²) in [5.41, 5.74) is 1.09. The minimum absolute atomic E-state index is 0.545. The summed E-state index contributed by atoms with van der Waals surface area (Å²) in [6, 6.07) is 15.5. The minimum Gasteiger partial charge on any atom is -0.497 e. The molecule has 0 saturated heterocycles. The summed E-state index contributed by atoms with van der Waals surface area (Å²) in [4.78, 5) is 0.828. The first-order valence-electron chi connectivity index (χ1n) is 5.46. The van der Waals surface area contributed by atoms with E-state index in [0.717, 1.165) is 16.2 Å². The lowest BCUT2D eigenvalue weighted by molar-refractivity contribution is 0.414. The summed E-state index contributed by atoms with van der Waals surface area (Å²) >= 11 is 2.26. The van der Waals surface area contributed by atoms with Gasteiger partial charge in [0.2, 0.25) is 0 Å². The molecule has 2 nitrogen and oxygen atoms in total. The van der Waals surface area contributed by atoms with E-state index in [1.807, 2.05) is 48.5 Å². The highest BCUT2D eigenvalue weighted by atomic mass is 127. The van der Waals surface area contributed by atoms with Crippen molar-refractivity contribution >= 4 is 33.4 Å². The van der Waals surface area contributed by atoms with Gasteiger partial charge in [0.25, 0.3) is 0 Å². The summed E-state index contributed by atoms with van der Waals surface area (Å²) in [5, 5.41) is 0. The molecule has 94 valence electrons. The molecule has 0 aliphatic heterocycles. The van der Waals surface area contributed by atoms with Gasteiger partial charge in [0, 0.05) is 8.47 Å². The van der Waals surface area contributed by atoms with Crippen molar-refractivity contribution < 1.29 is 8.95 Å². The third kappa shape index (κ3) is 3.55. The van der Waals surface area contributed by atoms with E-state index in [2.05, 4.69) is 22.6 Å². The molecule has 2 aromatic rings. The summed E-state index contributed by atoms with van der Waals surface area (Å²) in [6.07, 6.45) is 0. The van der Waals surface area contributed by atoms with E-state index in [-0.39, 0.29) is 0 Å². The summed E-state index contributed by atoms with van der Waals surface area (Å²) in [6.45, 7) is 0. The van der Waals surface area contributed by atoms with Crippen LogP contribution >= 0.6 is 22.6 Å². The van der Waals surface area contributed by atoms with Crippen molar-refractivity contribution in [3.05, 3.63) is 57.7 Å². The second kappa shape index (κ2) is 6.33. The Bertz CT molecular complexity index is 535. The lowest BCUT2D eigenvalue weighted by atomic mass is 10.2. The molecule has 0 fully saturated rings. The molecule has 0 N–H and O–H groups in total. The fourth-order valence-corrected chi connectivity index (χ4v) is 3.00. The van der Waals surface area contributed by atoms with Crippen molar-refractivity contribution in [3.63, 3.8) is 0 Å². The van der Waals surface area contributed by atoms with E-state index < -0.39 is 10.8 Å². The van der Waals surface area contributed by atoms with Crippen LogP contribution in [0.1, 0.15) is 5.56 Å². The molecular weight excluding hydrogens is 359 g/mol. The van der Waals surface area contributed by atoms with Crippen LogP contribution < -0.4 is 4.74 Å². The second-order valence-electron chi connectivity index (χ2n) is 3.79. The van der Waals surface area contributed by atoms with Gasteiger partial charge in [0.05, 0.1) is 23.7 Å². The average molecular weight is 372 g/mol. The number of rotatable bonds is 4. The Hall–Kier alpha value is -0.880. The molecule has 0 amide bonds. The first-order valence-corrected chi connectivity index (χ1v) is 7.85. The van der Waals surface area contributed by atoms with E-state index in [1.165, 1.54) is 3.57 Å². The molecule has 0 heterocycles. The lowest BCUT2D eigenvalue weighted by Gasteiger charge is -2.04. The monoisotopic (exact) mass is 372 g/mol. The number of benzene rings is 2. The normalized spacial score (nSPS) is 12.1. The van der Waals surface area contributed by atoms with Gasteiger partial charge in [-0.05, 0) is 64.6 Å². The van der Waals surface area contributed by atoms with Crippen molar-refractivity contribution in [2.24, 2.45) is 0 Å². The Kier molecular flexibility index (Phi) is 4.77. The number of hydrogen-bond acceptors (Lipinski definition) is 2. The molecule has 1 unspecified atom stereocenters. The Morgan fingerprint density at radius 3 is 2.22 bits per heavy atom. The molecule has 0 spiro atoms. The fourth-order valence-electron chi connectivity index (χ4n) is 1.54. The maximum Gasteiger partial charge on any atom is 0.118 e. The lowest BCUT2D eigenvalue weighted by Crippen LogP contribution is -1.96. The van der Waals surface area contributed by atoms with Gasteiger partial charge >= 0.3 is 0 Å². The molecule has 2 aromatic carbocycles. The van der Waals surface area contributed by atoms with Crippen LogP contribution in [0.2, 0.25) is 0 Å². The zero-order chi connectivity index (χ0) is 13.0. The minimum atomic E-state index is -1.01. The van der Waals surface area contributed by atoms with Gasteiger partial charge < -0.3 is 4.74 Å². The molecule has 18 heavy (non-hydrogen) atoms. The van der Waals surface area contributed by atoms with Crippen LogP contribution in [0.5, 0.6) is 5.75 Å². The standard InChI is InChI=1S/C14H13IO2S/c1-17-13-6-8-14(9-7-13)18(16)10-11-2-4-12(15)5-3-11/h2-9H,10H2,1H3. The number of halogens is 1. The number of ether oxygens (including phenoxy) is 1. The molecule has 0 aliphatic rings. The van der Waals surface area contributed by atoms with Crippen LogP contribution in [0.3, 0.4) is 0 Å². The van der Waals surface area contributed by atoms with Gasteiger partial charge in [0.15, 0.2) is 0 Å². The zero-order valence-electron chi connectivity index (χ0n) is 9.93. The summed E-state index contributed by atoms with van der Waals surface area (Å²) in [7, 11) is 0.613. The van der Waals surface area contributed by atoms with E-state index >= 15 is 0 Å². The van der Waals surface area contributed by atoms with Crippen LogP contribution in [-0.4, -0.2) is 11.3 Å².